The minimum Gasteiger partial charge on any atom is -0.493 e. The molecule has 0 saturated carbocycles. The number of benzene rings is 3. The zero-order chi connectivity index (χ0) is 21.1. The van der Waals surface area contributed by atoms with Gasteiger partial charge in [0.2, 0.25) is 0 Å². The van der Waals surface area contributed by atoms with Gasteiger partial charge in [0.15, 0.2) is 16.3 Å². The molecule has 30 heavy (non-hydrogen) atoms. The second-order valence-corrected chi connectivity index (χ2v) is 8.04. The largest absolute Gasteiger partial charge is 0.493 e. The monoisotopic (exact) mass is 420 g/mol. The molecule has 154 valence electrons. The molecular formula is C24H24N2O3S. The average molecular weight is 421 g/mol. The Morgan fingerprint density at radius 1 is 1.03 bits per heavy atom. The molecule has 0 radical (unpaired) electrons. The summed E-state index contributed by atoms with van der Waals surface area (Å²) in [5, 5.41) is 2.22. The Morgan fingerprint density at radius 2 is 1.77 bits per heavy atom. The highest BCUT2D eigenvalue weighted by atomic mass is 32.1. The number of hydrogen-bond acceptors (Lipinski definition) is 4. The fourth-order valence-corrected chi connectivity index (χ4v) is 4.76. The lowest BCUT2D eigenvalue weighted by Crippen LogP contribution is -2.17. The van der Waals surface area contributed by atoms with Crippen LogP contribution in [0.5, 0.6) is 11.5 Å². The summed E-state index contributed by atoms with van der Waals surface area (Å²) >= 11 is 1.49. The van der Waals surface area contributed by atoms with E-state index in [1.54, 1.807) is 14.2 Å². The number of thiazole rings is 1. The van der Waals surface area contributed by atoms with Gasteiger partial charge in [0.05, 0.1) is 30.9 Å². The maximum atomic E-state index is 12.9. The highest BCUT2D eigenvalue weighted by Gasteiger charge is 2.13. The number of rotatable bonds is 6. The highest BCUT2D eigenvalue weighted by Crippen LogP contribution is 2.33. The van der Waals surface area contributed by atoms with Gasteiger partial charge in [-0.2, -0.15) is 4.99 Å². The first-order valence-electron chi connectivity index (χ1n) is 9.94. The van der Waals surface area contributed by atoms with E-state index >= 15 is 0 Å². The summed E-state index contributed by atoms with van der Waals surface area (Å²) in [5.41, 5.74) is 1.99. The molecule has 6 heteroatoms. The van der Waals surface area contributed by atoms with E-state index in [4.69, 9.17) is 9.47 Å². The van der Waals surface area contributed by atoms with Crippen molar-refractivity contribution < 1.29 is 14.3 Å². The number of aryl methyl sites for hydroxylation is 1. The Bertz CT molecular complexity index is 1280. The number of carbonyl (C=O) groups excluding carboxylic acids is 1. The number of carbonyl (C=O) groups is 1. The number of nitrogens with zero attached hydrogens (tertiary/aromatic N) is 2. The van der Waals surface area contributed by atoms with Crippen LogP contribution >= 0.6 is 11.3 Å². The van der Waals surface area contributed by atoms with E-state index in [-0.39, 0.29) is 12.3 Å². The van der Waals surface area contributed by atoms with Gasteiger partial charge in [0.25, 0.3) is 5.91 Å². The van der Waals surface area contributed by atoms with E-state index in [1.165, 1.54) is 11.3 Å². The highest BCUT2D eigenvalue weighted by molar-refractivity contribution is 7.16. The Balaban J connectivity index is 1.77. The van der Waals surface area contributed by atoms with Crippen molar-refractivity contribution in [1.82, 2.24) is 4.57 Å². The number of aromatic nitrogens is 1. The zero-order valence-electron chi connectivity index (χ0n) is 17.3. The molecule has 0 aliphatic carbocycles. The van der Waals surface area contributed by atoms with Crippen molar-refractivity contribution in [1.29, 1.82) is 0 Å². The predicted octanol–water partition coefficient (Wildman–Crippen LogP) is 4.95. The van der Waals surface area contributed by atoms with Gasteiger partial charge in [-0.05, 0) is 22.8 Å². The Labute approximate surface area is 179 Å². The van der Waals surface area contributed by atoms with E-state index in [2.05, 4.69) is 28.6 Å². The van der Waals surface area contributed by atoms with E-state index in [9.17, 15) is 4.79 Å². The van der Waals surface area contributed by atoms with Crippen LogP contribution in [-0.2, 0) is 17.8 Å². The molecule has 4 rings (SSSR count). The lowest BCUT2D eigenvalue weighted by Gasteiger charge is -2.09. The van der Waals surface area contributed by atoms with E-state index in [1.807, 2.05) is 42.5 Å². The number of ether oxygens (including phenoxy) is 2. The van der Waals surface area contributed by atoms with E-state index in [0.717, 1.165) is 39.5 Å². The van der Waals surface area contributed by atoms with Gasteiger partial charge in [0.1, 0.15) is 0 Å². The molecule has 1 aromatic heterocycles. The van der Waals surface area contributed by atoms with Crippen molar-refractivity contribution in [3.05, 3.63) is 65.0 Å². The first-order chi connectivity index (χ1) is 14.6. The fraction of sp³-hybridized carbons (Fsp3) is 0.250. The quantitative estimate of drug-likeness (QED) is 0.443. The molecule has 0 atom stereocenters. The van der Waals surface area contributed by atoms with Crippen LogP contribution in [0.1, 0.15) is 18.9 Å². The lowest BCUT2D eigenvalue weighted by molar-refractivity contribution is -0.117. The first-order valence-corrected chi connectivity index (χ1v) is 10.8. The molecule has 0 aliphatic heterocycles. The van der Waals surface area contributed by atoms with Crippen LogP contribution in [0.25, 0.3) is 21.0 Å². The van der Waals surface area contributed by atoms with Crippen molar-refractivity contribution in [2.24, 2.45) is 4.99 Å². The molecule has 3 aromatic carbocycles. The SMILES string of the molecule is CCCn1c(=NC(=O)Cc2cccc3ccccc23)sc2cc(OC)c(OC)cc21. The Morgan fingerprint density at radius 3 is 2.53 bits per heavy atom. The molecule has 0 aliphatic rings. The van der Waals surface area contributed by atoms with Crippen molar-refractivity contribution in [2.45, 2.75) is 26.3 Å². The minimum absolute atomic E-state index is 0.151. The van der Waals surface area contributed by atoms with Gasteiger partial charge in [-0.15, -0.1) is 0 Å². The van der Waals surface area contributed by atoms with Crippen molar-refractivity contribution >= 4 is 38.2 Å². The molecule has 0 N–H and O–H groups in total. The van der Waals surface area contributed by atoms with Crippen molar-refractivity contribution in [3.63, 3.8) is 0 Å². The molecule has 1 heterocycles. The van der Waals surface area contributed by atoms with Gasteiger partial charge in [-0.1, -0.05) is 60.7 Å². The van der Waals surface area contributed by atoms with Gasteiger partial charge in [0, 0.05) is 18.7 Å². The Kier molecular flexibility index (Phi) is 5.86. The number of amides is 1. The third kappa shape index (κ3) is 3.83. The number of methoxy groups -OCH3 is 2. The van der Waals surface area contributed by atoms with E-state index in [0.29, 0.717) is 16.3 Å². The maximum absolute atomic E-state index is 12.9. The van der Waals surface area contributed by atoms with E-state index < -0.39 is 0 Å². The third-order valence-corrected chi connectivity index (χ3v) is 6.12. The van der Waals surface area contributed by atoms with Gasteiger partial charge in [-0.3, -0.25) is 4.79 Å². The second kappa shape index (κ2) is 8.71. The summed E-state index contributed by atoms with van der Waals surface area (Å²) in [5.74, 6) is 1.19. The van der Waals surface area contributed by atoms with Crippen LogP contribution in [0.2, 0.25) is 0 Å². The number of fused-ring (bicyclic) bond motifs is 2. The third-order valence-electron chi connectivity index (χ3n) is 5.08. The molecule has 0 unspecified atom stereocenters. The molecule has 0 bridgehead atoms. The summed E-state index contributed by atoms with van der Waals surface area (Å²) in [7, 11) is 3.25. The summed E-state index contributed by atoms with van der Waals surface area (Å²) in [6, 6.07) is 18.0. The van der Waals surface area contributed by atoms with Gasteiger partial charge in [-0.25, -0.2) is 0 Å². The minimum atomic E-state index is -0.151. The van der Waals surface area contributed by atoms with Crippen LogP contribution in [-0.4, -0.2) is 24.7 Å². The summed E-state index contributed by atoms with van der Waals surface area (Å²) in [6.07, 6.45) is 1.21. The average Bonchev–Trinajstić information content (AvgIpc) is 3.09. The molecule has 0 saturated heterocycles. The summed E-state index contributed by atoms with van der Waals surface area (Å²) in [6.45, 7) is 2.88. The molecule has 1 amide bonds. The fourth-order valence-electron chi connectivity index (χ4n) is 3.68. The topological polar surface area (TPSA) is 52.8 Å². The summed E-state index contributed by atoms with van der Waals surface area (Å²) < 4.78 is 14.0. The van der Waals surface area contributed by atoms with Crippen LogP contribution in [0.4, 0.5) is 0 Å². The Hall–Kier alpha value is -3.12. The molecule has 5 nitrogen and oxygen atoms in total. The predicted molar refractivity (Wildman–Crippen MR) is 121 cm³/mol. The molecule has 4 aromatic rings. The normalized spacial score (nSPS) is 11.9. The molecule has 0 spiro atoms. The van der Waals surface area contributed by atoms with Crippen LogP contribution in [0.15, 0.2) is 59.6 Å². The van der Waals surface area contributed by atoms with Crippen LogP contribution < -0.4 is 14.3 Å². The lowest BCUT2D eigenvalue weighted by atomic mass is 10.0. The van der Waals surface area contributed by atoms with Crippen LogP contribution in [0.3, 0.4) is 0 Å². The standard InChI is InChI=1S/C24H24N2O3S/c1-4-12-26-19-14-20(28-2)21(29-3)15-22(19)30-24(26)25-23(27)13-17-10-7-9-16-8-5-6-11-18(16)17/h5-11,14-15H,4,12-13H2,1-3H3. The molecular weight excluding hydrogens is 396 g/mol. The smallest absolute Gasteiger partial charge is 0.252 e. The number of hydrogen-bond donors (Lipinski definition) is 0. The summed E-state index contributed by atoms with van der Waals surface area (Å²) in [4.78, 5) is 18.1. The molecule has 0 fully saturated rings. The first kappa shape index (κ1) is 20.2. The van der Waals surface area contributed by atoms with Crippen molar-refractivity contribution in [3.8, 4) is 11.5 Å². The zero-order valence-corrected chi connectivity index (χ0v) is 18.2. The van der Waals surface area contributed by atoms with Crippen molar-refractivity contribution in [2.75, 3.05) is 14.2 Å². The maximum Gasteiger partial charge on any atom is 0.252 e. The van der Waals surface area contributed by atoms with Gasteiger partial charge >= 0.3 is 0 Å². The van der Waals surface area contributed by atoms with Gasteiger partial charge < -0.3 is 14.0 Å². The second-order valence-electron chi connectivity index (χ2n) is 7.03. The van der Waals surface area contributed by atoms with Crippen LogP contribution in [0, 0.1) is 0 Å².